The Hall–Kier alpha value is -3.73. The van der Waals surface area contributed by atoms with E-state index in [2.05, 4.69) is 13.8 Å². The molecule has 5 atom stereocenters. The van der Waals surface area contributed by atoms with Gasteiger partial charge in [-0.25, -0.2) is 0 Å². The molecule has 50 heavy (non-hydrogen) atoms. The molecule has 0 unspecified atom stereocenters. The molecule has 2 aliphatic rings. The molecule has 0 bridgehead atoms. The lowest BCUT2D eigenvalue weighted by atomic mass is 10.1. The standard InChI is InChI=1S/C14H18O4.C11H12O3.2C6H12O.C3H6O/c1-11(15)9-13(16)7-8-14(17)18-10-12-5-3-2-4-6-12;12-8-4-7-11(13)14-9-10-5-2-1-3-6-10;2*1-5-2-3-6(7)4-5;1-3(2)4/h2-6,13,16H,7-10H2,1H3;1-3,5-6,8H,4,7,9H2;2*5-7H,2-4H2,1H3;1-2H3/t13-;;5-,6+;5-,6-;/m1.01./s1. The van der Waals surface area contributed by atoms with Crippen molar-refractivity contribution in [3.63, 3.8) is 0 Å². The molecule has 10 nitrogen and oxygen atoms in total. The molecule has 0 heterocycles. The first-order valence-corrected chi connectivity index (χ1v) is 17.5. The van der Waals surface area contributed by atoms with E-state index in [1.807, 2.05) is 60.7 Å². The summed E-state index contributed by atoms with van der Waals surface area (Å²) in [5.74, 6) is 0.938. The average molecular weight is 701 g/mol. The first-order valence-electron chi connectivity index (χ1n) is 17.5. The molecule has 0 aromatic heterocycles. The lowest BCUT2D eigenvalue weighted by molar-refractivity contribution is -0.146. The molecule has 10 heteroatoms. The van der Waals surface area contributed by atoms with Crippen LogP contribution in [0.15, 0.2) is 60.7 Å². The summed E-state index contributed by atoms with van der Waals surface area (Å²) in [6.45, 7) is 9.37. The topological polar surface area (TPSA) is 164 Å². The number of Topliss-reactive ketones (excluding diaryl/α,β-unsaturated/α-hetero) is 2. The molecule has 2 saturated carbocycles. The Bertz CT molecular complexity index is 1160. The molecule has 0 saturated heterocycles. The molecular formula is C40H60O10. The van der Waals surface area contributed by atoms with E-state index < -0.39 is 6.10 Å². The van der Waals surface area contributed by atoms with E-state index in [0.29, 0.717) is 6.29 Å². The van der Waals surface area contributed by atoms with Gasteiger partial charge in [0.15, 0.2) is 0 Å². The van der Waals surface area contributed by atoms with Gasteiger partial charge in [-0.1, -0.05) is 74.5 Å². The highest BCUT2D eigenvalue weighted by Gasteiger charge is 2.18. The third-order valence-electron chi connectivity index (χ3n) is 7.49. The van der Waals surface area contributed by atoms with Crippen LogP contribution in [0.5, 0.6) is 0 Å². The van der Waals surface area contributed by atoms with Gasteiger partial charge < -0.3 is 34.4 Å². The molecule has 4 rings (SSSR count). The minimum atomic E-state index is -0.758. The predicted octanol–water partition coefficient (Wildman–Crippen LogP) is 6.49. The zero-order valence-corrected chi connectivity index (χ0v) is 30.6. The van der Waals surface area contributed by atoms with Crippen LogP contribution in [-0.4, -0.2) is 63.4 Å². The maximum Gasteiger partial charge on any atom is 0.306 e. The van der Waals surface area contributed by atoms with Gasteiger partial charge in [-0.05, 0) is 88.7 Å². The second-order valence-corrected chi connectivity index (χ2v) is 13.1. The Balaban J connectivity index is 0.000000658. The lowest BCUT2D eigenvalue weighted by Gasteiger charge is -2.08. The number of carbonyl (C=O) groups excluding carboxylic acids is 5. The highest BCUT2D eigenvalue weighted by Crippen LogP contribution is 2.24. The van der Waals surface area contributed by atoms with Crippen molar-refractivity contribution < 1.29 is 48.8 Å². The van der Waals surface area contributed by atoms with Crippen LogP contribution in [0.4, 0.5) is 0 Å². The van der Waals surface area contributed by atoms with Gasteiger partial charge in [-0.3, -0.25) is 14.4 Å². The number of esters is 2. The van der Waals surface area contributed by atoms with Gasteiger partial charge in [0.2, 0.25) is 0 Å². The fourth-order valence-electron chi connectivity index (χ4n) is 4.87. The Morgan fingerprint density at radius 1 is 0.720 bits per heavy atom. The molecule has 0 radical (unpaired) electrons. The molecule has 0 spiro atoms. The van der Waals surface area contributed by atoms with Crippen molar-refractivity contribution in [1.29, 1.82) is 0 Å². The van der Waals surface area contributed by atoms with Crippen LogP contribution in [0.2, 0.25) is 0 Å². The van der Waals surface area contributed by atoms with E-state index in [4.69, 9.17) is 19.7 Å². The normalized spacial score (nSPS) is 19.2. The summed E-state index contributed by atoms with van der Waals surface area (Å²) in [6.07, 6.45) is 7.43. The molecule has 2 fully saturated rings. The first kappa shape index (κ1) is 46.3. The van der Waals surface area contributed by atoms with E-state index in [1.165, 1.54) is 33.6 Å². The maximum absolute atomic E-state index is 11.4. The van der Waals surface area contributed by atoms with Gasteiger partial charge in [0.25, 0.3) is 0 Å². The van der Waals surface area contributed by atoms with Crippen LogP contribution >= 0.6 is 0 Å². The third kappa shape index (κ3) is 29.2. The van der Waals surface area contributed by atoms with Crippen molar-refractivity contribution in [2.75, 3.05) is 0 Å². The van der Waals surface area contributed by atoms with E-state index >= 15 is 0 Å². The largest absolute Gasteiger partial charge is 0.461 e. The van der Waals surface area contributed by atoms with Crippen molar-refractivity contribution in [2.24, 2.45) is 11.8 Å². The Kier molecular flexibility index (Phi) is 26.9. The molecular weight excluding hydrogens is 640 g/mol. The summed E-state index contributed by atoms with van der Waals surface area (Å²) in [6, 6.07) is 18.8. The average Bonchev–Trinajstić information content (AvgIpc) is 3.66. The molecule has 0 amide bonds. The molecule has 2 aliphatic carbocycles. The number of aliphatic hydroxyl groups excluding tert-OH is 3. The highest BCUT2D eigenvalue weighted by atomic mass is 16.5. The highest BCUT2D eigenvalue weighted by molar-refractivity contribution is 5.76. The van der Waals surface area contributed by atoms with Crippen LogP contribution in [0.3, 0.4) is 0 Å². The number of aliphatic hydroxyl groups is 3. The first-order chi connectivity index (χ1) is 23.7. The smallest absolute Gasteiger partial charge is 0.306 e. The molecule has 280 valence electrons. The summed E-state index contributed by atoms with van der Waals surface area (Å²) in [4.78, 5) is 52.5. The second-order valence-electron chi connectivity index (χ2n) is 13.1. The molecule has 0 aliphatic heterocycles. The second kappa shape index (κ2) is 29.0. The van der Waals surface area contributed by atoms with Crippen molar-refractivity contribution in [2.45, 2.75) is 137 Å². The van der Waals surface area contributed by atoms with Crippen LogP contribution in [0.1, 0.15) is 116 Å². The van der Waals surface area contributed by atoms with Crippen molar-refractivity contribution in [1.82, 2.24) is 0 Å². The Morgan fingerprint density at radius 3 is 1.42 bits per heavy atom. The quantitative estimate of drug-likeness (QED) is 0.165. The Labute approximate surface area is 298 Å². The number of ketones is 2. The number of benzene rings is 2. The summed E-state index contributed by atoms with van der Waals surface area (Å²) >= 11 is 0. The van der Waals surface area contributed by atoms with E-state index in [9.17, 15) is 29.1 Å². The van der Waals surface area contributed by atoms with Crippen molar-refractivity contribution >= 4 is 29.8 Å². The fraction of sp³-hybridized carbons (Fsp3) is 0.575. The van der Waals surface area contributed by atoms with Crippen molar-refractivity contribution in [3.8, 4) is 0 Å². The van der Waals surface area contributed by atoms with Gasteiger partial charge in [-0.15, -0.1) is 0 Å². The summed E-state index contributed by atoms with van der Waals surface area (Å²) in [5, 5.41) is 27.2. The SMILES string of the molecule is CC(=O)C[C@H](O)CCC(=O)OCc1ccccc1.CC(C)=O.C[C@@H]1CC[C@@H](O)C1.C[C@H]1CC[C@@H](O)C1.O=CCCC(=O)OCc1ccccc1. The zero-order chi connectivity index (χ0) is 37.7. The van der Waals surface area contributed by atoms with Crippen LogP contribution in [-0.2, 0) is 46.7 Å². The molecule has 3 N–H and O–H groups in total. The zero-order valence-electron chi connectivity index (χ0n) is 30.6. The van der Waals surface area contributed by atoms with E-state index in [-0.39, 0.29) is 81.0 Å². The summed E-state index contributed by atoms with van der Waals surface area (Å²) in [7, 11) is 0. The number of hydrogen-bond acceptors (Lipinski definition) is 10. The van der Waals surface area contributed by atoms with Gasteiger partial charge in [-0.2, -0.15) is 0 Å². The van der Waals surface area contributed by atoms with Gasteiger partial charge >= 0.3 is 11.9 Å². The number of rotatable bonds is 12. The number of hydrogen-bond donors (Lipinski definition) is 3. The third-order valence-corrected chi connectivity index (χ3v) is 7.49. The van der Waals surface area contributed by atoms with Crippen molar-refractivity contribution in [3.05, 3.63) is 71.8 Å². The monoisotopic (exact) mass is 700 g/mol. The number of ether oxygens (including phenoxy) is 2. The number of carbonyl (C=O) groups is 5. The molecule has 2 aromatic rings. The maximum atomic E-state index is 11.4. The fourth-order valence-corrected chi connectivity index (χ4v) is 4.87. The van der Waals surface area contributed by atoms with Crippen LogP contribution < -0.4 is 0 Å². The molecule has 2 aromatic carbocycles. The lowest BCUT2D eigenvalue weighted by Crippen LogP contribution is -2.14. The van der Waals surface area contributed by atoms with E-state index in [0.717, 1.165) is 48.6 Å². The Morgan fingerprint density at radius 2 is 1.12 bits per heavy atom. The summed E-state index contributed by atoms with van der Waals surface area (Å²) < 4.78 is 9.98. The minimum absolute atomic E-state index is 0.0231. The van der Waals surface area contributed by atoms with Crippen LogP contribution in [0.25, 0.3) is 0 Å². The van der Waals surface area contributed by atoms with Gasteiger partial charge in [0.1, 0.15) is 31.1 Å². The minimum Gasteiger partial charge on any atom is -0.461 e. The van der Waals surface area contributed by atoms with Crippen LogP contribution in [0, 0.1) is 11.8 Å². The van der Waals surface area contributed by atoms with Gasteiger partial charge in [0, 0.05) is 19.3 Å². The predicted molar refractivity (Wildman–Crippen MR) is 193 cm³/mol. The summed E-state index contributed by atoms with van der Waals surface area (Å²) in [5.41, 5.74) is 1.88. The van der Waals surface area contributed by atoms with Gasteiger partial charge in [0.05, 0.1) is 24.7 Å². The van der Waals surface area contributed by atoms with E-state index in [1.54, 1.807) is 0 Å². The number of aldehydes is 1.